The fourth-order valence-electron chi connectivity index (χ4n) is 3.16. The van der Waals surface area contributed by atoms with Crippen molar-refractivity contribution in [1.29, 1.82) is 0 Å². The molecule has 1 aromatic heterocycles. The van der Waals surface area contributed by atoms with Crippen LogP contribution < -0.4 is 0 Å². The molecule has 21 heavy (non-hydrogen) atoms. The Kier molecular flexibility index (Phi) is 5.27. The van der Waals surface area contributed by atoms with Gasteiger partial charge in [0.15, 0.2) is 6.10 Å². The molecule has 2 aliphatic rings. The molecular formula is C16H23NO3S. The first kappa shape index (κ1) is 15.0. The van der Waals surface area contributed by atoms with E-state index < -0.39 is 6.10 Å². The SMILES string of the molecule is O=C([C@H]1COCCO1)N1CCCCC[C@H]1Cc1cccs1. The molecule has 5 heteroatoms. The van der Waals surface area contributed by atoms with Crippen LogP contribution in [0.3, 0.4) is 0 Å². The van der Waals surface area contributed by atoms with Crippen LogP contribution in [0.5, 0.6) is 0 Å². The monoisotopic (exact) mass is 309 g/mol. The van der Waals surface area contributed by atoms with Crippen LogP contribution in [0.4, 0.5) is 0 Å². The molecule has 2 atom stereocenters. The van der Waals surface area contributed by atoms with Gasteiger partial charge in [-0.1, -0.05) is 18.9 Å². The summed E-state index contributed by atoms with van der Waals surface area (Å²) in [7, 11) is 0. The number of carbonyl (C=O) groups excluding carboxylic acids is 1. The van der Waals surface area contributed by atoms with Gasteiger partial charge in [-0.2, -0.15) is 0 Å². The van der Waals surface area contributed by atoms with Crippen LogP contribution in [0.2, 0.25) is 0 Å². The second-order valence-corrected chi connectivity index (χ2v) is 6.78. The summed E-state index contributed by atoms with van der Waals surface area (Å²) >= 11 is 1.78. The predicted molar refractivity (Wildman–Crippen MR) is 82.6 cm³/mol. The summed E-state index contributed by atoms with van der Waals surface area (Å²) in [4.78, 5) is 16.2. The lowest BCUT2D eigenvalue weighted by Crippen LogP contribution is -2.50. The predicted octanol–water partition coefficient (Wildman–Crippen LogP) is 2.48. The molecule has 4 nitrogen and oxygen atoms in total. The minimum absolute atomic E-state index is 0.123. The van der Waals surface area contributed by atoms with Crippen molar-refractivity contribution in [3.05, 3.63) is 22.4 Å². The van der Waals surface area contributed by atoms with E-state index >= 15 is 0 Å². The first-order valence-corrected chi connectivity index (χ1v) is 8.75. The van der Waals surface area contributed by atoms with Gasteiger partial charge < -0.3 is 14.4 Å². The fraction of sp³-hybridized carbons (Fsp3) is 0.688. The van der Waals surface area contributed by atoms with E-state index in [2.05, 4.69) is 22.4 Å². The second-order valence-electron chi connectivity index (χ2n) is 5.75. The summed E-state index contributed by atoms with van der Waals surface area (Å²) in [6.07, 6.45) is 5.19. The van der Waals surface area contributed by atoms with Crippen molar-refractivity contribution in [2.24, 2.45) is 0 Å². The smallest absolute Gasteiger partial charge is 0.254 e. The Morgan fingerprint density at radius 1 is 1.33 bits per heavy atom. The maximum atomic E-state index is 12.8. The summed E-state index contributed by atoms with van der Waals surface area (Å²) in [6.45, 7) is 2.39. The summed E-state index contributed by atoms with van der Waals surface area (Å²) in [5.74, 6) is 0.123. The zero-order valence-corrected chi connectivity index (χ0v) is 13.1. The average molecular weight is 309 g/mol. The Labute approximate surface area is 130 Å². The van der Waals surface area contributed by atoms with Gasteiger partial charge in [-0.15, -0.1) is 11.3 Å². The van der Waals surface area contributed by atoms with Crippen LogP contribution in [0.15, 0.2) is 17.5 Å². The average Bonchev–Trinajstić information content (AvgIpc) is 2.92. The summed E-state index contributed by atoms with van der Waals surface area (Å²) in [5, 5.41) is 2.11. The molecule has 2 fully saturated rings. The van der Waals surface area contributed by atoms with E-state index in [-0.39, 0.29) is 5.91 Å². The molecule has 3 heterocycles. The van der Waals surface area contributed by atoms with Gasteiger partial charge in [-0.05, 0) is 24.3 Å². The normalized spacial score (nSPS) is 27.3. The van der Waals surface area contributed by atoms with Gasteiger partial charge in [-0.3, -0.25) is 4.79 Å². The molecule has 0 radical (unpaired) electrons. The van der Waals surface area contributed by atoms with E-state index in [4.69, 9.17) is 9.47 Å². The number of hydrogen-bond donors (Lipinski definition) is 0. The molecular weight excluding hydrogens is 286 g/mol. The van der Waals surface area contributed by atoms with Crippen molar-refractivity contribution < 1.29 is 14.3 Å². The molecule has 0 saturated carbocycles. The van der Waals surface area contributed by atoms with Crippen LogP contribution >= 0.6 is 11.3 Å². The minimum atomic E-state index is -0.400. The van der Waals surface area contributed by atoms with Crippen molar-refractivity contribution in [3.8, 4) is 0 Å². The van der Waals surface area contributed by atoms with E-state index in [0.29, 0.717) is 25.9 Å². The number of nitrogens with zero attached hydrogens (tertiary/aromatic N) is 1. The highest BCUT2D eigenvalue weighted by Crippen LogP contribution is 2.23. The lowest BCUT2D eigenvalue weighted by molar-refractivity contribution is -0.160. The maximum Gasteiger partial charge on any atom is 0.254 e. The van der Waals surface area contributed by atoms with Gasteiger partial charge in [0.1, 0.15) is 0 Å². The van der Waals surface area contributed by atoms with Crippen molar-refractivity contribution in [3.63, 3.8) is 0 Å². The standard InChI is InChI=1S/C16H23NO3S/c18-16(15-12-19-8-9-20-15)17-7-3-1-2-5-13(17)11-14-6-4-10-21-14/h4,6,10,13,15H,1-3,5,7-9,11-12H2/t13-,15+/m0/s1. The first-order chi connectivity index (χ1) is 10.3. The highest BCUT2D eigenvalue weighted by molar-refractivity contribution is 7.09. The molecule has 1 aromatic rings. The number of hydrogen-bond acceptors (Lipinski definition) is 4. The molecule has 0 spiro atoms. The van der Waals surface area contributed by atoms with E-state index in [0.717, 1.165) is 25.8 Å². The maximum absolute atomic E-state index is 12.8. The van der Waals surface area contributed by atoms with E-state index in [1.165, 1.54) is 17.7 Å². The zero-order valence-electron chi connectivity index (χ0n) is 12.3. The number of amides is 1. The molecule has 1 amide bonds. The van der Waals surface area contributed by atoms with Crippen LogP contribution in [-0.2, 0) is 20.7 Å². The van der Waals surface area contributed by atoms with Crippen LogP contribution in [-0.4, -0.2) is 49.3 Å². The molecule has 0 bridgehead atoms. The summed E-state index contributed by atoms with van der Waals surface area (Å²) in [6, 6.07) is 4.56. The Bertz CT molecular complexity index is 442. The molecule has 0 unspecified atom stereocenters. The van der Waals surface area contributed by atoms with Crippen molar-refractivity contribution in [1.82, 2.24) is 4.90 Å². The van der Waals surface area contributed by atoms with Gasteiger partial charge in [-0.25, -0.2) is 0 Å². The third-order valence-corrected chi connectivity index (χ3v) is 5.17. The van der Waals surface area contributed by atoms with Crippen molar-refractivity contribution in [2.45, 2.75) is 44.2 Å². The van der Waals surface area contributed by atoms with Gasteiger partial charge in [0.2, 0.25) is 0 Å². The first-order valence-electron chi connectivity index (χ1n) is 7.87. The molecule has 0 N–H and O–H groups in total. The van der Waals surface area contributed by atoms with E-state index in [1.54, 1.807) is 11.3 Å². The summed E-state index contributed by atoms with van der Waals surface area (Å²) in [5.41, 5.74) is 0. The number of thiophene rings is 1. The van der Waals surface area contributed by atoms with Crippen LogP contribution in [0.25, 0.3) is 0 Å². The van der Waals surface area contributed by atoms with Crippen molar-refractivity contribution >= 4 is 17.2 Å². The fourth-order valence-corrected chi connectivity index (χ4v) is 3.93. The quantitative estimate of drug-likeness (QED) is 0.861. The third kappa shape index (κ3) is 3.84. The topological polar surface area (TPSA) is 38.8 Å². The molecule has 0 aliphatic carbocycles. The van der Waals surface area contributed by atoms with E-state index in [9.17, 15) is 4.79 Å². The van der Waals surface area contributed by atoms with Crippen molar-refractivity contribution in [2.75, 3.05) is 26.4 Å². The molecule has 116 valence electrons. The van der Waals surface area contributed by atoms with Gasteiger partial charge >= 0.3 is 0 Å². The van der Waals surface area contributed by atoms with E-state index in [1.807, 2.05) is 0 Å². The van der Waals surface area contributed by atoms with Crippen LogP contribution in [0, 0.1) is 0 Å². The Hall–Kier alpha value is -0.910. The Morgan fingerprint density at radius 3 is 3.05 bits per heavy atom. The highest BCUT2D eigenvalue weighted by atomic mass is 32.1. The molecule has 0 aromatic carbocycles. The highest BCUT2D eigenvalue weighted by Gasteiger charge is 2.32. The minimum Gasteiger partial charge on any atom is -0.376 e. The van der Waals surface area contributed by atoms with Gasteiger partial charge in [0.25, 0.3) is 5.91 Å². The zero-order chi connectivity index (χ0) is 14.5. The lowest BCUT2D eigenvalue weighted by atomic mass is 10.0. The molecule has 2 aliphatic heterocycles. The van der Waals surface area contributed by atoms with Gasteiger partial charge in [0, 0.05) is 23.9 Å². The lowest BCUT2D eigenvalue weighted by Gasteiger charge is -2.34. The largest absolute Gasteiger partial charge is 0.376 e. The second kappa shape index (κ2) is 7.38. The Balaban J connectivity index is 1.69. The molecule has 3 rings (SSSR count). The number of ether oxygens (including phenoxy) is 2. The number of likely N-dealkylation sites (tertiary alicyclic amines) is 1. The Morgan fingerprint density at radius 2 is 2.29 bits per heavy atom. The van der Waals surface area contributed by atoms with Gasteiger partial charge in [0.05, 0.1) is 19.8 Å². The number of rotatable bonds is 3. The third-order valence-electron chi connectivity index (χ3n) is 4.27. The summed E-state index contributed by atoms with van der Waals surface area (Å²) < 4.78 is 11.0. The number of carbonyl (C=O) groups is 1. The van der Waals surface area contributed by atoms with Crippen LogP contribution in [0.1, 0.15) is 30.6 Å². The molecule has 2 saturated heterocycles.